The van der Waals surface area contributed by atoms with Crippen LogP contribution in [0.4, 0.5) is 13.2 Å². The number of alkyl halides is 3. The standard InChI is InChI=1S/C18H21F3N2S/c1-13-12-14(18(19,20)21)6-7-16(13)24-17-5-3-2-4-15(17)23-10-8-22-9-11-23/h4-7,12,22H,2-3,8-11H2,1H3. The van der Waals surface area contributed by atoms with E-state index in [0.717, 1.165) is 48.8 Å². The van der Waals surface area contributed by atoms with E-state index >= 15 is 0 Å². The molecule has 6 heteroatoms. The van der Waals surface area contributed by atoms with Crippen LogP contribution < -0.4 is 5.32 Å². The van der Waals surface area contributed by atoms with E-state index in [9.17, 15) is 13.2 Å². The van der Waals surface area contributed by atoms with Crippen LogP contribution in [0.15, 0.2) is 45.8 Å². The predicted molar refractivity (Wildman–Crippen MR) is 91.9 cm³/mol. The van der Waals surface area contributed by atoms with Crippen LogP contribution in [0.1, 0.15) is 24.0 Å². The summed E-state index contributed by atoms with van der Waals surface area (Å²) in [5.74, 6) is 0. The number of hydrogen-bond donors (Lipinski definition) is 1. The van der Waals surface area contributed by atoms with Crippen LogP contribution in [0, 0.1) is 6.92 Å². The molecular weight excluding hydrogens is 333 g/mol. The molecule has 2 nitrogen and oxygen atoms in total. The molecule has 130 valence electrons. The number of rotatable bonds is 3. The van der Waals surface area contributed by atoms with Crippen molar-refractivity contribution in [3.8, 4) is 0 Å². The first kappa shape index (κ1) is 17.4. The monoisotopic (exact) mass is 354 g/mol. The van der Waals surface area contributed by atoms with Crippen LogP contribution in [0.5, 0.6) is 0 Å². The number of hydrogen-bond acceptors (Lipinski definition) is 3. The Hall–Kier alpha value is -1.40. The molecule has 3 rings (SSSR count). The predicted octanol–water partition coefficient (Wildman–Crippen LogP) is 4.57. The molecule has 1 aromatic carbocycles. The lowest BCUT2D eigenvalue weighted by molar-refractivity contribution is -0.137. The van der Waals surface area contributed by atoms with Crippen molar-refractivity contribution in [2.24, 2.45) is 0 Å². The number of piperazine rings is 1. The summed E-state index contributed by atoms with van der Waals surface area (Å²) in [4.78, 5) is 4.41. The first-order chi connectivity index (χ1) is 11.4. The Morgan fingerprint density at radius 1 is 1.08 bits per heavy atom. The van der Waals surface area contributed by atoms with Gasteiger partial charge in [-0.2, -0.15) is 13.2 Å². The number of thioether (sulfide) groups is 1. The topological polar surface area (TPSA) is 15.3 Å². The van der Waals surface area contributed by atoms with Crippen LogP contribution in [0.3, 0.4) is 0 Å². The summed E-state index contributed by atoms with van der Waals surface area (Å²) >= 11 is 1.58. The van der Waals surface area contributed by atoms with E-state index in [-0.39, 0.29) is 0 Å². The van der Waals surface area contributed by atoms with Gasteiger partial charge >= 0.3 is 6.18 Å². The van der Waals surface area contributed by atoms with E-state index in [1.807, 2.05) is 0 Å². The zero-order valence-corrected chi connectivity index (χ0v) is 14.4. The highest BCUT2D eigenvalue weighted by atomic mass is 32.2. The summed E-state index contributed by atoms with van der Waals surface area (Å²) in [7, 11) is 0. The second-order valence-electron chi connectivity index (χ2n) is 6.05. The summed E-state index contributed by atoms with van der Waals surface area (Å²) in [6.45, 7) is 5.61. The highest BCUT2D eigenvalue weighted by molar-refractivity contribution is 8.03. The first-order valence-electron chi connectivity index (χ1n) is 8.17. The molecule has 0 saturated carbocycles. The molecule has 1 N–H and O–H groups in total. The second-order valence-corrected chi connectivity index (χ2v) is 7.14. The molecule has 0 spiro atoms. The van der Waals surface area contributed by atoms with Crippen LogP contribution in [-0.2, 0) is 6.18 Å². The van der Waals surface area contributed by atoms with Crippen molar-refractivity contribution in [3.05, 3.63) is 52.1 Å². The molecule has 0 amide bonds. The zero-order valence-electron chi connectivity index (χ0n) is 13.6. The van der Waals surface area contributed by atoms with Gasteiger partial charge in [-0.1, -0.05) is 23.9 Å². The van der Waals surface area contributed by atoms with E-state index in [4.69, 9.17) is 0 Å². The summed E-state index contributed by atoms with van der Waals surface area (Å²) in [5.41, 5.74) is 1.31. The molecule has 0 unspecified atom stereocenters. The van der Waals surface area contributed by atoms with Gasteiger partial charge in [-0.25, -0.2) is 0 Å². The molecule has 1 fully saturated rings. The highest BCUT2D eigenvalue weighted by Gasteiger charge is 2.30. The molecule has 0 bridgehead atoms. The SMILES string of the molecule is Cc1cc(C(F)(F)F)ccc1SC1=CCCC=C1N1CCNCC1. The Morgan fingerprint density at radius 2 is 1.79 bits per heavy atom. The molecule has 1 aromatic rings. The maximum Gasteiger partial charge on any atom is 0.416 e. The lowest BCUT2D eigenvalue weighted by Gasteiger charge is -2.34. The Kier molecular flexibility index (Phi) is 5.25. The summed E-state index contributed by atoms with van der Waals surface area (Å²) in [6, 6.07) is 4.00. The number of aryl methyl sites for hydroxylation is 1. The third-order valence-corrected chi connectivity index (χ3v) is 5.54. The minimum Gasteiger partial charge on any atom is -0.368 e. The minimum absolute atomic E-state index is 0.583. The van der Waals surface area contributed by atoms with Crippen molar-refractivity contribution < 1.29 is 13.2 Å². The normalized spacial score (nSPS) is 19.1. The van der Waals surface area contributed by atoms with Crippen molar-refractivity contribution >= 4 is 11.8 Å². The molecule has 1 aliphatic heterocycles. The minimum atomic E-state index is -4.29. The van der Waals surface area contributed by atoms with Crippen molar-refractivity contribution in [1.82, 2.24) is 10.2 Å². The van der Waals surface area contributed by atoms with Gasteiger partial charge in [0.2, 0.25) is 0 Å². The van der Waals surface area contributed by atoms with Gasteiger partial charge in [0.1, 0.15) is 0 Å². The van der Waals surface area contributed by atoms with Gasteiger partial charge < -0.3 is 10.2 Å². The van der Waals surface area contributed by atoms with Crippen molar-refractivity contribution in [2.75, 3.05) is 26.2 Å². The van der Waals surface area contributed by atoms with Crippen molar-refractivity contribution in [2.45, 2.75) is 30.8 Å². The van der Waals surface area contributed by atoms with E-state index in [2.05, 4.69) is 22.4 Å². The number of nitrogens with one attached hydrogen (secondary N) is 1. The first-order valence-corrected chi connectivity index (χ1v) is 8.99. The average Bonchev–Trinajstić information content (AvgIpc) is 2.57. The van der Waals surface area contributed by atoms with Crippen LogP contribution in [-0.4, -0.2) is 31.1 Å². The molecule has 1 aliphatic carbocycles. The van der Waals surface area contributed by atoms with Crippen LogP contribution in [0.2, 0.25) is 0 Å². The molecule has 0 aromatic heterocycles. The summed E-state index contributed by atoms with van der Waals surface area (Å²) in [5, 5.41) is 3.35. The molecular formula is C18H21F3N2S. The third-order valence-electron chi connectivity index (χ3n) is 4.27. The fraction of sp³-hybridized carbons (Fsp3) is 0.444. The van der Waals surface area contributed by atoms with Gasteiger partial charge in [-0.05, 0) is 43.5 Å². The maximum atomic E-state index is 12.8. The largest absolute Gasteiger partial charge is 0.416 e. The Morgan fingerprint density at radius 3 is 2.46 bits per heavy atom. The number of nitrogens with zero attached hydrogens (tertiary/aromatic N) is 1. The number of allylic oxidation sites excluding steroid dienone is 2. The smallest absolute Gasteiger partial charge is 0.368 e. The van der Waals surface area contributed by atoms with Gasteiger partial charge in [0.15, 0.2) is 0 Å². The Labute approximate surface area is 144 Å². The average molecular weight is 354 g/mol. The third kappa shape index (κ3) is 3.98. The van der Waals surface area contributed by atoms with E-state index in [0.29, 0.717) is 5.56 Å². The lowest BCUT2D eigenvalue weighted by Crippen LogP contribution is -2.43. The van der Waals surface area contributed by atoms with E-state index < -0.39 is 11.7 Å². The van der Waals surface area contributed by atoms with E-state index in [1.54, 1.807) is 24.8 Å². The van der Waals surface area contributed by atoms with Gasteiger partial charge in [-0.15, -0.1) is 0 Å². The van der Waals surface area contributed by atoms with Gasteiger partial charge in [-0.3, -0.25) is 0 Å². The van der Waals surface area contributed by atoms with Gasteiger partial charge in [0.25, 0.3) is 0 Å². The number of benzene rings is 1. The lowest BCUT2D eigenvalue weighted by atomic mass is 10.1. The number of halogens is 3. The Bertz CT molecular complexity index is 659. The van der Waals surface area contributed by atoms with Crippen LogP contribution in [0.25, 0.3) is 0 Å². The van der Waals surface area contributed by atoms with Crippen molar-refractivity contribution in [3.63, 3.8) is 0 Å². The molecule has 24 heavy (non-hydrogen) atoms. The maximum absolute atomic E-state index is 12.8. The van der Waals surface area contributed by atoms with Crippen LogP contribution >= 0.6 is 11.8 Å². The van der Waals surface area contributed by atoms with E-state index in [1.165, 1.54) is 17.8 Å². The molecule has 0 atom stereocenters. The fourth-order valence-electron chi connectivity index (χ4n) is 2.98. The zero-order chi connectivity index (χ0) is 17.2. The highest BCUT2D eigenvalue weighted by Crippen LogP contribution is 2.39. The summed E-state index contributed by atoms with van der Waals surface area (Å²) in [6.07, 6.45) is 2.18. The van der Waals surface area contributed by atoms with Gasteiger partial charge in [0.05, 0.1) is 5.56 Å². The Balaban J connectivity index is 1.79. The quantitative estimate of drug-likeness (QED) is 0.856. The molecule has 1 heterocycles. The van der Waals surface area contributed by atoms with Crippen molar-refractivity contribution in [1.29, 1.82) is 0 Å². The molecule has 2 aliphatic rings. The fourth-order valence-corrected chi connectivity index (χ4v) is 4.09. The molecule has 1 saturated heterocycles. The molecule has 0 radical (unpaired) electrons. The second kappa shape index (κ2) is 7.23. The summed E-state index contributed by atoms with van der Waals surface area (Å²) < 4.78 is 38.5. The van der Waals surface area contributed by atoms with Gasteiger partial charge in [0, 0.05) is 41.7 Å².